The molecule has 25 heavy (non-hydrogen) atoms. The Morgan fingerprint density at radius 1 is 1.28 bits per heavy atom. The molecule has 6 heteroatoms. The molecule has 0 fully saturated rings. The van der Waals surface area contributed by atoms with E-state index in [1.165, 1.54) is 5.56 Å². The number of anilines is 1. The van der Waals surface area contributed by atoms with Crippen molar-refractivity contribution >= 4 is 39.3 Å². The summed E-state index contributed by atoms with van der Waals surface area (Å²) >= 11 is 5.06. The van der Waals surface area contributed by atoms with Crippen LogP contribution in [0.1, 0.15) is 35.4 Å². The zero-order valence-electron chi connectivity index (χ0n) is 14.8. The van der Waals surface area contributed by atoms with Gasteiger partial charge in [-0.2, -0.15) is 0 Å². The summed E-state index contributed by atoms with van der Waals surface area (Å²) < 4.78 is 1.07. The molecule has 1 aliphatic heterocycles. The molecule has 132 valence electrons. The lowest BCUT2D eigenvalue weighted by Gasteiger charge is -2.30. The van der Waals surface area contributed by atoms with Crippen molar-refractivity contribution in [2.24, 2.45) is 0 Å². The van der Waals surface area contributed by atoms with E-state index in [4.69, 9.17) is 0 Å². The summed E-state index contributed by atoms with van der Waals surface area (Å²) in [6, 6.07) is 6.18. The van der Waals surface area contributed by atoms with Gasteiger partial charge in [0.1, 0.15) is 0 Å². The second-order valence-corrected chi connectivity index (χ2v) is 7.97. The lowest BCUT2D eigenvalue weighted by atomic mass is 10.0. The molecule has 0 saturated heterocycles. The van der Waals surface area contributed by atoms with E-state index in [-0.39, 0.29) is 5.91 Å². The van der Waals surface area contributed by atoms with E-state index < -0.39 is 0 Å². The SMILES string of the molecule is CSc1nc(C)c(CCC(=O)N2CCCc3cc(Br)ccc32)c(C)n1. The molecule has 0 spiro atoms. The van der Waals surface area contributed by atoms with Gasteiger partial charge in [0.05, 0.1) is 0 Å². The van der Waals surface area contributed by atoms with Crippen LogP contribution in [0, 0.1) is 13.8 Å². The molecule has 4 nitrogen and oxygen atoms in total. The van der Waals surface area contributed by atoms with Gasteiger partial charge < -0.3 is 4.90 Å². The Balaban J connectivity index is 1.74. The highest BCUT2D eigenvalue weighted by atomic mass is 79.9. The predicted octanol–water partition coefficient (Wildman–Crippen LogP) is 4.49. The number of hydrogen-bond acceptors (Lipinski definition) is 4. The molecule has 0 saturated carbocycles. The molecule has 0 N–H and O–H groups in total. The second kappa shape index (κ2) is 7.87. The molecular formula is C19H22BrN3OS. The van der Waals surface area contributed by atoms with E-state index in [1.807, 2.05) is 37.1 Å². The van der Waals surface area contributed by atoms with Gasteiger partial charge in [-0.1, -0.05) is 27.7 Å². The molecule has 0 atom stereocenters. The molecule has 1 aliphatic rings. The van der Waals surface area contributed by atoms with E-state index >= 15 is 0 Å². The van der Waals surface area contributed by atoms with Gasteiger partial charge in [0.15, 0.2) is 5.16 Å². The van der Waals surface area contributed by atoms with Crippen LogP contribution in [-0.4, -0.2) is 28.7 Å². The molecule has 1 aromatic heterocycles. The number of aromatic nitrogens is 2. The van der Waals surface area contributed by atoms with E-state index in [0.717, 1.165) is 51.7 Å². The molecule has 2 heterocycles. The van der Waals surface area contributed by atoms with Crippen LogP contribution in [0.3, 0.4) is 0 Å². The van der Waals surface area contributed by atoms with Gasteiger partial charge in [-0.3, -0.25) is 4.79 Å². The molecule has 3 rings (SSSR count). The fourth-order valence-electron chi connectivity index (χ4n) is 3.35. The van der Waals surface area contributed by atoms with Crippen molar-refractivity contribution in [2.75, 3.05) is 17.7 Å². The fourth-order valence-corrected chi connectivity index (χ4v) is 4.22. The zero-order chi connectivity index (χ0) is 18.0. The summed E-state index contributed by atoms with van der Waals surface area (Å²) in [7, 11) is 0. The van der Waals surface area contributed by atoms with Gasteiger partial charge in [0.25, 0.3) is 0 Å². The van der Waals surface area contributed by atoms with E-state index in [1.54, 1.807) is 11.8 Å². The number of rotatable bonds is 4. The fraction of sp³-hybridized carbons (Fsp3) is 0.421. The van der Waals surface area contributed by atoms with Crippen molar-refractivity contribution in [3.63, 3.8) is 0 Å². The topological polar surface area (TPSA) is 46.1 Å². The highest BCUT2D eigenvalue weighted by Gasteiger charge is 2.23. The maximum absolute atomic E-state index is 12.8. The van der Waals surface area contributed by atoms with Crippen molar-refractivity contribution in [1.82, 2.24) is 9.97 Å². The number of carbonyl (C=O) groups excluding carboxylic acids is 1. The summed E-state index contributed by atoms with van der Waals surface area (Å²) in [5.74, 6) is 0.177. The Morgan fingerprint density at radius 2 is 2.00 bits per heavy atom. The van der Waals surface area contributed by atoms with Gasteiger partial charge in [0.2, 0.25) is 5.91 Å². The lowest BCUT2D eigenvalue weighted by molar-refractivity contribution is -0.118. The molecule has 0 unspecified atom stereocenters. The summed E-state index contributed by atoms with van der Waals surface area (Å²) in [4.78, 5) is 23.8. The lowest BCUT2D eigenvalue weighted by Crippen LogP contribution is -2.35. The quantitative estimate of drug-likeness (QED) is 0.540. The normalized spacial score (nSPS) is 13.7. The molecule has 2 aromatic rings. The first-order valence-corrected chi connectivity index (χ1v) is 10.5. The van der Waals surface area contributed by atoms with E-state index in [2.05, 4.69) is 32.0 Å². The Bertz CT molecular complexity index is 786. The van der Waals surface area contributed by atoms with Crippen LogP contribution in [0.25, 0.3) is 0 Å². The maximum Gasteiger partial charge on any atom is 0.227 e. The number of nitrogens with zero attached hydrogens (tertiary/aromatic N) is 3. The smallest absolute Gasteiger partial charge is 0.227 e. The third-order valence-electron chi connectivity index (χ3n) is 4.63. The van der Waals surface area contributed by atoms with Gasteiger partial charge in [-0.15, -0.1) is 0 Å². The summed E-state index contributed by atoms with van der Waals surface area (Å²) in [5.41, 5.74) is 5.36. The Morgan fingerprint density at radius 3 is 2.68 bits per heavy atom. The highest BCUT2D eigenvalue weighted by Crippen LogP contribution is 2.30. The van der Waals surface area contributed by atoms with Crippen LogP contribution in [0.4, 0.5) is 5.69 Å². The van der Waals surface area contributed by atoms with Gasteiger partial charge in [0, 0.05) is 34.5 Å². The third kappa shape index (κ3) is 4.06. The average molecular weight is 420 g/mol. The number of aryl methyl sites for hydroxylation is 3. The summed E-state index contributed by atoms with van der Waals surface area (Å²) in [6.45, 7) is 4.80. The summed E-state index contributed by atoms with van der Waals surface area (Å²) in [6.07, 6.45) is 5.19. The van der Waals surface area contributed by atoms with Crippen LogP contribution in [0.15, 0.2) is 27.8 Å². The number of thioether (sulfide) groups is 1. The molecular weight excluding hydrogens is 398 g/mol. The first-order valence-electron chi connectivity index (χ1n) is 8.46. The molecule has 0 bridgehead atoms. The number of hydrogen-bond donors (Lipinski definition) is 0. The van der Waals surface area contributed by atoms with Crippen molar-refractivity contribution in [3.8, 4) is 0 Å². The van der Waals surface area contributed by atoms with E-state index in [9.17, 15) is 4.79 Å². The minimum Gasteiger partial charge on any atom is -0.312 e. The van der Waals surface area contributed by atoms with Gasteiger partial charge >= 0.3 is 0 Å². The first-order chi connectivity index (χ1) is 12.0. The minimum absolute atomic E-state index is 0.177. The molecule has 0 aliphatic carbocycles. The van der Waals surface area contributed by atoms with Crippen molar-refractivity contribution in [2.45, 2.75) is 44.7 Å². The van der Waals surface area contributed by atoms with Crippen molar-refractivity contribution < 1.29 is 4.79 Å². The number of benzene rings is 1. The van der Waals surface area contributed by atoms with Crippen LogP contribution in [0.2, 0.25) is 0 Å². The van der Waals surface area contributed by atoms with Crippen molar-refractivity contribution in [1.29, 1.82) is 0 Å². The van der Waals surface area contributed by atoms with Crippen LogP contribution in [0.5, 0.6) is 0 Å². The molecule has 1 aromatic carbocycles. The Labute approximate surface area is 161 Å². The second-order valence-electron chi connectivity index (χ2n) is 6.28. The Hall–Kier alpha value is -1.40. The third-order valence-corrected chi connectivity index (χ3v) is 5.67. The van der Waals surface area contributed by atoms with Gasteiger partial charge in [-0.25, -0.2) is 9.97 Å². The summed E-state index contributed by atoms with van der Waals surface area (Å²) in [5, 5.41) is 0.792. The standard InChI is InChI=1S/C19H22BrN3OS/c1-12-16(13(2)22-19(21-12)25-3)7-9-18(24)23-10-4-5-14-11-15(20)6-8-17(14)23/h6,8,11H,4-5,7,9-10H2,1-3H3. The molecule has 1 amide bonds. The highest BCUT2D eigenvalue weighted by molar-refractivity contribution is 9.10. The predicted molar refractivity (Wildman–Crippen MR) is 106 cm³/mol. The zero-order valence-corrected chi connectivity index (χ0v) is 17.2. The van der Waals surface area contributed by atoms with Gasteiger partial charge in [-0.05, 0) is 68.7 Å². The average Bonchev–Trinajstić information content (AvgIpc) is 2.59. The monoisotopic (exact) mass is 419 g/mol. The largest absolute Gasteiger partial charge is 0.312 e. The number of carbonyl (C=O) groups is 1. The van der Waals surface area contributed by atoms with Crippen molar-refractivity contribution in [3.05, 3.63) is 45.2 Å². The van der Waals surface area contributed by atoms with Crippen LogP contribution >= 0.6 is 27.7 Å². The number of halogens is 1. The number of amides is 1. The Kier molecular flexibility index (Phi) is 5.79. The van der Waals surface area contributed by atoms with Crippen LogP contribution < -0.4 is 4.90 Å². The first kappa shape index (κ1) is 18.4. The molecule has 0 radical (unpaired) electrons. The number of fused-ring (bicyclic) bond motifs is 1. The van der Waals surface area contributed by atoms with E-state index in [0.29, 0.717) is 12.8 Å². The minimum atomic E-state index is 0.177. The van der Waals surface area contributed by atoms with Crippen LogP contribution in [-0.2, 0) is 17.6 Å². The maximum atomic E-state index is 12.8.